The number of rotatable bonds is 4. The molecule has 0 aliphatic rings. The molecule has 15 heavy (non-hydrogen) atoms. The summed E-state index contributed by atoms with van der Waals surface area (Å²) in [4.78, 5) is 9.77. The fourth-order valence-corrected chi connectivity index (χ4v) is 2.31. The van der Waals surface area contributed by atoms with Crippen LogP contribution in [0.5, 0.6) is 0 Å². The maximum absolute atomic E-state index is 11.0. The van der Waals surface area contributed by atoms with Crippen LogP contribution in [0.15, 0.2) is 12.5 Å². The molecule has 0 saturated carbocycles. The lowest BCUT2D eigenvalue weighted by molar-refractivity contribution is 0.601. The normalized spacial score (nSPS) is 11.4. The van der Waals surface area contributed by atoms with Crippen molar-refractivity contribution in [2.45, 2.75) is 0 Å². The number of sulfone groups is 1. The lowest BCUT2D eigenvalue weighted by Crippen LogP contribution is -2.26. The predicted octanol–water partition coefficient (Wildman–Crippen LogP) is 0.562. The second-order valence-electron chi connectivity index (χ2n) is 3.25. The van der Waals surface area contributed by atoms with Gasteiger partial charge in [0.2, 0.25) is 0 Å². The Bertz CT molecular complexity index is 435. The van der Waals surface area contributed by atoms with E-state index in [0.29, 0.717) is 6.54 Å². The Morgan fingerprint density at radius 2 is 2.20 bits per heavy atom. The maximum atomic E-state index is 11.0. The zero-order valence-corrected chi connectivity index (χ0v) is 11.5. The molecule has 84 valence electrons. The average molecular weight is 341 g/mol. The number of nitrogens with zero attached hydrogens (tertiary/aromatic N) is 3. The zero-order valence-electron chi connectivity index (χ0n) is 8.51. The van der Waals surface area contributed by atoms with E-state index in [1.807, 2.05) is 11.9 Å². The summed E-state index contributed by atoms with van der Waals surface area (Å²) in [7, 11) is -1.11. The number of halogens is 1. The van der Waals surface area contributed by atoms with Gasteiger partial charge in [0.05, 0.1) is 9.32 Å². The molecule has 1 aromatic heterocycles. The summed E-state index contributed by atoms with van der Waals surface area (Å²) in [6.45, 7) is 0.436. The van der Waals surface area contributed by atoms with Crippen LogP contribution in [0.25, 0.3) is 0 Å². The molecule has 0 atom stereocenters. The van der Waals surface area contributed by atoms with Crippen LogP contribution in [0.3, 0.4) is 0 Å². The Balaban J connectivity index is 2.70. The molecule has 0 spiro atoms. The molecule has 7 heteroatoms. The van der Waals surface area contributed by atoms with Gasteiger partial charge in [0, 0.05) is 26.0 Å². The Kier molecular flexibility index (Phi) is 4.26. The van der Waals surface area contributed by atoms with E-state index >= 15 is 0 Å². The number of anilines is 1. The third-order valence-corrected chi connectivity index (χ3v) is 3.49. The van der Waals surface area contributed by atoms with Crippen LogP contribution in [0.4, 0.5) is 5.82 Å². The summed E-state index contributed by atoms with van der Waals surface area (Å²) in [5.41, 5.74) is 0. The first-order valence-electron chi connectivity index (χ1n) is 4.24. The van der Waals surface area contributed by atoms with Crippen LogP contribution in [0.1, 0.15) is 0 Å². The fraction of sp³-hybridized carbons (Fsp3) is 0.500. The van der Waals surface area contributed by atoms with Crippen molar-refractivity contribution in [2.24, 2.45) is 0 Å². The topological polar surface area (TPSA) is 63.2 Å². The van der Waals surface area contributed by atoms with Gasteiger partial charge in [-0.15, -0.1) is 0 Å². The summed E-state index contributed by atoms with van der Waals surface area (Å²) in [6.07, 6.45) is 4.38. The average Bonchev–Trinajstić information content (AvgIpc) is 2.14. The van der Waals surface area contributed by atoms with E-state index in [4.69, 9.17) is 0 Å². The largest absolute Gasteiger partial charge is 0.358 e. The first-order chi connectivity index (χ1) is 6.90. The van der Waals surface area contributed by atoms with Crippen LogP contribution in [0.2, 0.25) is 0 Å². The van der Waals surface area contributed by atoms with E-state index in [2.05, 4.69) is 32.6 Å². The van der Waals surface area contributed by atoms with E-state index in [1.54, 1.807) is 6.20 Å². The summed E-state index contributed by atoms with van der Waals surface area (Å²) in [6, 6.07) is 0. The molecule has 0 aliphatic heterocycles. The summed E-state index contributed by atoms with van der Waals surface area (Å²) >= 11 is 2.12. The van der Waals surface area contributed by atoms with E-state index in [0.717, 1.165) is 9.39 Å². The molecule has 1 rings (SSSR count). The smallest absolute Gasteiger partial charge is 0.149 e. The number of hydrogen-bond acceptors (Lipinski definition) is 5. The molecule has 0 saturated heterocycles. The molecule has 0 aliphatic carbocycles. The van der Waals surface area contributed by atoms with Crippen LogP contribution >= 0.6 is 22.6 Å². The van der Waals surface area contributed by atoms with Crippen molar-refractivity contribution in [3.8, 4) is 0 Å². The van der Waals surface area contributed by atoms with Gasteiger partial charge in [-0.2, -0.15) is 0 Å². The van der Waals surface area contributed by atoms with Gasteiger partial charge in [-0.05, 0) is 22.6 Å². The monoisotopic (exact) mass is 341 g/mol. The van der Waals surface area contributed by atoms with Gasteiger partial charge in [0.1, 0.15) is 22.0 Å². The highest BCUT2D eigenvalue weighted by Gasteiger charge is 2.09. The minimum Gasteiger partial charge on any atom is -0.358 e. The second kappa shape index (κ2) is 5.06. The lowest BCUT2D eigenvalue weighted by atomic mass is 10.5. The molecule has 0 amide bonds. The highest BCUT2D eigenvalue weighted by Crippen LogP contribution is 2.16. The first kappa shape index (κ1) is 12.6. The predicted molar refractivity (Wildman–Crippen MR) is 67.7 cm³/mol. The van der Waals surface area contributed by atoms with Crippen molar-refractivity contribution in [2.75, 3.05) is 30.5 Å². The molecule has 5 nitrogen and oxygen atoms in total. The van der Waals surface area contributed by atoms with Crippen molar-refractivity contribution in [3.05, 3.63) is 16.1 Å². The number of hydrogen-bond donors (Lipinski definition) is 0. The maximum Gasteiger partial charge on any atom is 0.149 e. The Morgan fingerprint density at radius 3 is 2.73 bits per heavy atom. The third kappa shape index (κ3) is 4.29. The summed E-state index contributed by atoms with van der Waals surface area (Å²) < 4.78 is 22.9. The molecule has 1 heterocycles. The van der Waals surface area contributed by atoms with Crippen molar-refractivity contribution in [1.82, 2.24) is 9.97 Å². The molecular formula is C8H12IN3O2S. The van der Waals surface area contributed by atoms with Crippen molar-refractivity contribution >= 4 is 38.2 Å². The third-order valence-electron chi connectivity index (χ3n) is 1.81. The minimum absolute atomic E-state index is 0.129. The van der Waals surface area contributed by atoms with Gasteiger partial charge in [-0.3, -0.25) is 0 Å². The van der Waals surface area contributed by atoms with Crippen LogP contribution in [-0.4, -0.2) is 44.0 Å². The molecule has 1 aromatic rings. The zero-order chi connectivity index (χ0) is 11.5. The van der Waals surface area contributed by atoms with Crippen molar-refractivity contribution in [1.29, 1.82) is 0 Å². The highest BCUT2D eigenvalue weighted by molar-refractivity contribution is 14.1. The van der Waals surface area contributed by atoms with E-state index in [9.17, 15) is 8.42 Å². The SMILES string of the molecule is CN(CCS(C)(=O)=O)c1ncncc1I. The Labute approximate surface area is 103 Å². The van der Waals surface area contributed by atoms with Crippen molar-refractivity contribution < 1.29 is 8.42 Å². The number of aromatic nitrogens is 2. The molecule has 0 unspecified atom stereocenters. The molecule has 0 fully saturated rings. The van der Waals surface area contributed by atoms with Gasteiger partial charge >= 0.3 is 0 Å². The van der Waals surface area contributed by atoms with E-state index < -0.39 is 9.84 Å². The van der Waals surface area contributed by atoms with Gasteiger partial charge < -0.3 is 4.90 Å². The van der Waals surface area contributed by atoms with Crippen LogP contribution < -0.4 is 4.90 Å². The Hall–Kier alpha value is -0.440. The Morgan fingerprint density at radius 1 is 1.53 bits per heavy atom. The van der Waals surface area contributed by atoms with Gasteiger partial charge in [-0.1, -0.05) is 0 Å². The first-order valence-corrected chi connectivity index (χ1v) is 7.38. The summed E-state index contributed by atoms with van der Waals surface area (Å²) in [5.74, 6) is 0.887. The quantitative estimate of drug-likeness (QED) is 0.749. The second-order valence-corrected chi connectivity index (χ2v) is 6.67. The van der Waals surface area contributed by atoms with Crippen molar-refractivity contribution in [3.63, 3.8) is 0 Å². The fourth-order valence-electron chi connectivity index (χ4n) is 0.996. The molecule has 0 N–H and O–H groups in total. The molecule has 0 aromatic carbocycles. The summed E-state index contributed by atoms with van der Waals surface area (Å²) in [5, 5.41) is 0. The molecule has 0 bridgehead atoms. The standard InChI is InChI=1S/C8H12IN3O2S/c1-12(3-4-15(2,13)14)8-7(9)5-10-6-11-8/h5-6H,3-4H2,1-2H3. The van der Waals surface area contributed by atoms with Gasteiger partial charge in [0.25, 0.3) is 0 Å². The van der Waals surface area contributed by atoms with Crippen LogP contribution in [-0.2, 0) is 9.84 Å². The van der Waals surface area contributed by atoms with E-state index in [1.165, 1.54) is 12.6 Å². The van der Waals surface area contributed by atoms with E-state index in [-0.39, 0.29) is 5.75 Å². The lowest BCUT2D eigenvalue weighted by Gasteiger charge is -2.18. The molecular weight excluding hydrogens is 329 g/mol. The highest BCUT2D eigenvalue weighted by atomic mass is 127. The minimum atomic E-state index is -2.93. The van der Waals surface area contributed by atoms with Gasteiger partial charge in [0.15, 0.2) is 0 Å². The van der Waals surface area contributed by atoms with Gasteiger partial charge in [-0.25, -0.2) is 18.4 Å². The van der Waals surface area contributed by atoms with Crippen LogP contribution in [0, 0.1) is 3.57 Å². The molecule has 0 radical (unpaired) electrons.